The highest BCUT2D eigenvalue weighted by atomic mass is 16.2. The fourth-order valence-corrected chi connectivity index (χ4v) is 3.79. The van der Waals surface area contributed by atoms with Gasteiger partial charge in [0.2, 0.25) is 11.8 Å². The van der Waals surface area contributed by atoms with Crippen LogP contribution in [-0.2, 0) is 16.0 Å². The van der Waals surface area contributed by atoms with E-state index in [9.17, 15) is 9.59 Å². The van der Waals surface area contributed by atoms with E-state index in [0.29, 0.717) is 0 Å². The SMILES string of the molecule is CCc1ccccc1NC(=O)CN(C)CC(=O)Nc1ccc(N2CCCCC2)cc1. The van der Waals surface area contributed by atoms with Gasteiger partial charge in [-0.1, -0.05) is 25.1 Å². The Morgan fingerprint density at radius 2 is 1.53 bits per heavy atom. The molecule has 6 nitrogen and oxygen atoms in total. The number of likely N-dealkylation sites (N-methyl/N-ethyl adjacent to an activating group) is 1. The lowest BCUT2D eigenvalue weighted by Gasteiger charge is -2.28. The van der Waals surface area contributed by atoms with Crippen LogP contribution in [0, 0.1) is 0 Å². The maximum Gasteiger partial charge on any atom is 0.238 e. The summed E-state index contributed by atoms with van der Waals surface area (Å²) in [6.07, 6.45) is 4.64. The highest BCUT2D eigenvalue weighted by Gasteiger charge is 2.13. The van der Waals surface area contributed by atoms with Crippen LogP contribution >= 0.6 is 0 Å². The van der Waals surface area contributed by atoms with Crippen molar-refractivity contribution in [1.82, 2.24) is 4.90 Å². The smallest absolute Gasteiger partial charge is 0.238 e. The monoisotopic (exact) mass is 408 g/mol. The number of hydrogen-bond acceptors (Lipinski definition) is 4. The van der Waals surface area contributed by atoms with Gasteiger partial charge in [0.1, 0.15) is 0 Å². The number of benzene rings is 2. The van der Waals surface area contributed by atoms with E-state index in [4.69, 9.17) is 0 Å². The molecular weight excluding hydrogens is 376 g/mol. The van der Waals surface area contributed by atoms with Crippen molar-refractivity contribution < 1.29 is 9.59 Å². The molecule has 2 N–H and O–H groups in total. The fraction of sp³-hybridized carbons (Fsp3) is 0.417. The van der Waals surface area contributed by atoms with Gasteiger partial charge in [-0.15, -0.1) is 0 Å². The van der Waals surface area contributed by atoms with Crippen LogP contribution in [0.15, 0.2) is 48.5 Å². The number of piperidine rings is 1. The van der Waals surface area contributed by atoms with E-state index >= 15 is 0 Å². The number of nitrogens with one attached hydrogen (secondary N) is 2. The van der Waals surface area contributed by atoms with Crippen LogP contribution < -0.4 is 15.5 Å². The average Bonchev–Trinajstić information content (AvgIpc) is 2.75. The first-order valence-corrected chi connectivity index (χ1v) is 10.8. The average molecular weight is 409 g/mol. The molecule has 1 aliphatic heterocycles. The Balaban J connectivity index is 1.45. The molecule has 1 heterocycles. The first kappa shape index (κ1) is 21.8. The second-order valence-electron chi connectivity index (χ2n) is 7.87. The first-order valence-electron chi connectivity index (χ1n) is 10.8. The maximum atomic E-state index is 12.4. The number of amides is 2. The summed E-state index contributed by atoms with van der Waals surface area (Å²) < 4.78 is 0. The lowest BCUT2D eigenvalue weighted by Crippen LogP contribution is -2.36. The predicted molar refractivity (Wildman–Crippen MR) is 123 cm³/mol. The Hall–Kier alpha value is -2.86. The fourth-order valence-electron chi connectivity index (χ4n) is 3.79. The van der Waals surface area contributed by atoms with Gasteiger partial charge in [-0.25, -0.2) is 0 Å². The summed E-state index contributed by atoms with van der Waals surface area (Å²) in [4.78, 5) is 28.8. The van der Waals surface area contributed by atoms with E-state index in [-0.39, 0.29) is 24.9 Å². The van der Waals surface area contributed by atoms with Crippen molar-refractivity contribution >= 4 is 28.9 Å². The third-order valence-electron chi connectivity index (χ3n) is 5.37. The van der Waals surface area contributed by atoms with Crippen LogP contribution in [0.3, 0.4) is 0 Å². The van der Waals surface area contributed by atoms with E-state index < -0.39 is 0 Å². The summed E-state index contributed by atoms with van der Waals surface area (Å²) in [5.74, 6) is -0.262. The van der Waals surface area contributed by atoms with Gasteiger partial charge in [-0.05, 0) is 68.6 Å². The number of nitrogens with zero attached hydrogens (tertiary/aromatic N) is 2. The first-order chi connectivity index (χ1) is 14.5. The predicted octanol–water partition coefficient (Wildman–Crippen LogP) is 3.75. The summed E-state index contributed by atoms with van der Waals surface area (Å²) in [5.41, 5.74) is 3.90. The Kier molecular flexibility index (Phi) is 7.85. The molecular formula is C24H32N4O2. The minimum absolute atomic E-state index is 0.128. The van der Waals surface area contributed by atoms with Crippen molar-refractivity contribution in [3.63, 3.8) is 0 Å². The molecule has 0 unspecified atom stereocenters. The van der Waals surface area contributed by atoms with Crippen LogP contribution in [0.25, 0.3) is 0 Å². The van der Waals surface area contributed by atoms with Crippen LogP contribution in [-0.4, -0.2) is 49.9 Å². The van der Waals surface area contributed by atoms with Crippen molar-refractivity contribution in [2.75, 3.05) is 48.8 Å². The van der Waals surface area contributed by atoms with Gasteiger partial charge in [0.25, 0.3) is 0 Å². The Bertz CT molecular complexity index is 845. The van der Waals surface area contributed by atoms with Crippen LogP contribution in [0.4, 0.5) is 17.1 Å². The van der Waals surface area contributed by atoms with E-state index in [2.05, 4.69) is 34.6 Å². The van der Waals surface area contributed by atoms with Gasteiger partial charge in [-0.2, -0.15) is 0 Å². The van der Waals surface area contributed by atoms with Crippen molar-refractivity contribution in [3.05, 3.63) is 54.1 Å². The van der Waals surface area contributed by atoms with Crippen LogP contribution in [0.1, 0.15) is 31.7 Å². The van der Waals surface area contributed by atoms with Crippen LogP contribution in [0.5, 0.6) is 0 Å². The number of anilines is 3. The highest BCUT2D eigenvalue weighted by Crippen LogP contribution is 2.21. The molecule has 0 aliphatic carbocycles. The molecule has 0 bridgehead atoms. The topological polar surface area (TPSA) is 64.7 Å². The summed E-state index contributed by atoms with van der Waals surface area (Å²) in [6.45, 7) is 4.55. The number of carbonyl (C=O) groups is 2. The molecule has 1 aliphatic rings. The molecule has 0 aromatic heterocycles. The molecule has 2 amide bonds. The van der Waals surface area contributed by atoms with E-state index in [1.165, 1.54) is 24.9 Å². The lowest BCUT2D eigenvalue weighted by molar-refractivity contribution is -0.119. The number of rotatable bonds is 8. The number of carbonyl (C=O) groups excluding carboxylic acids is 2. The molecule has 1 fully saturated rings. The van der Waals surface area contributed by atoms with Gasteiger partial charge in [0, 0.05) is 30.2 Å². The molecule has 2 aromatic carbocycles. The molecule has 0 radical (unpaired) electrons. The third kappa shape index (κ3) is 6.32. The second-order valence-corrected chi connectivity index (χ2v) is 7.87. The van der Waals surface area contributed by atoms with Crippen molar-refractivity contribution in [1.29, 1.82) is 0 Å². The number of para-hydroxylation sites is 1. The Labute approximate surface area is 179 Å². The number of hydrogen-bond donors (Lipinski definition) is 2. The molecule has 0 atom stereocenters. The number of aryl methyl sites for hydroxylation is 1. The maximum absolute atomic E-state index is 12.4. The summed E-state index contributed by atoms with van der Waals surface area (Å²) in [5, 5.41) is 5.85. The van der Waals surface area contributed by atoms with Gasteiger partial charge in [0.15, 0.2) is 0 Å². The minimum atomic E-state index is -0.134. The van der Waals surface area contributed by atoms with Gasteiger partial charge < -0.3 is 15.5 Å². The van der Waals surface area contributed by atoms with E-state index in [1.807, 2.05) is 36.4 Å². The summed E-state index contributed by atoms with van der Waals surface area (Å²) in [7, 11) is 1.77. The summed E-state index contributed by atoms with van der Waals surface area (Å²) >= 11 is 0. The normalized spacial score (nSPS) is 13.9. The van der Waals surface area contributed by atoms with Gasteiger partial charge >= 0.3 is 0 Å². The third-order valence-corrected chi connectivity index (χ3v) is 5.37. The second kappa shape index (κ2) is 10.8. The quantitative estimate of drug-likeness (QED) is 0.698. The molecule has 2 aromatic rings. The van der Waals surface area contributed by atoms with Gasteiger partial charge in [0.05, 0.1) is 13.1 Å². The molecule has 30 heavy (non-hydrogen) atoms. The Morgan fingerprint density at radius 1 is 0.900 bits per heavy atom. The largest absolute Gasteiger partial charge is 0.372 e. The van der Waals surface area contributed by atoms with Crippen molar-refractivity contribution in [2.24, 2.45) is 0 Å². The summed E-state index contributed by atoms with van der Waals surface area (Å²) in [6, 6.07) is 15.8. The van der Waals surface area contributed by atoms with Crippen LogP contribution in [0.2, 0.25) is 0 Å². The molecule has 3 rings (SSSR count). The van der Waals surface area contributed by atoms with Crippen molar-refractivity contribution in [2.45, 2.75) is 32.6 Å². The molecule has 160 valence electrons. The minimum Gasteiger partial charge on any atom is -0.372 e. The zero-order chi connectivity index (χ0) is 21.3. The van der Waals surface area contributed by atoms with Gasteiger partial charge in [-0.3, -0.25) is 14.5 Å². The molecule has 0 spiro atoms. The standard InChI is InChI=1S/C24H32N4O2/c1-3-19-9-5-6-10-22(19)26-24(30)18-27(2)17-23(29)25-20-11-13-21(14-12-20)28-15-7-4-8-16-28/h5-6,9-14H,3-4,7-8,15-18H2,1-2H3,(H,25,29)(H,26,30). The Morgan fingerprint density at radius 3 is 2.20 bits per heavy atom. The zero-order valence-corrected chi connectivity index (χ0v) is 18.0. The zero-order valence-electron chi connectivity index (χ0n) is 18.0. The lowest BCUT2D eigenvalue weighted by atomic mass is 10.1. The molecule has 1 saturated heterocycles. The van der Waals surface area contributed by atoms with E-state index in [1.54, 1.807) is 11.9 Å². The highest BCUT2D eigenvalue weighted by molar-refractivity contribution is 5.95. The molecule has 0 saturated carbocycles. The molecule has 6 heteroatoms. The van der Waals surface area contributed by atoms with E-state index in [0.717, 1.165) is 36.4 Å². The van der Waals surface area contributed by atoms with Crippen molar-refractivity contribution in [3.8, 4) is 0 Å².